The number of aromatic nitrogens is 5. The van der Waals surface area contributed by atoms with E-state index < -0.39 is 0 Å². The fraction of sp³-hybridized carbons (Fsp3) is 0.742. The smallest absolute Gasteiger partial charge is 0.0572 e. The second-order valence-electron chi connectivity index (χ2n) is 40.1. The van der Waals surface area contributed by atoms with Gasteiger partial charge in [-0.05, 0) is 240 Å². The number of methoxy groups -OCH3 is 1. The number of rotatable bonds is 15. The molecule has 0 bridgehead atoms. The number of nitrogens with one attached hydrogen (secondary N) is 5. The minimum atomic E-state index is 0. The van der Waals surface area contributed by atoms with Crippen LogP contribution in [0.25, 0.3) is 0 Å². The summed E-state index contributed by atoms with van der Waals surface area (Å²) in [5.41, 5.74) is 13.2. The van der Waals surface area contributed by atoms with Crippen molar-refractivity contribution in [1.29, 1.82) is 0 Å². The van der Waals surface area contributed by atoms with Crippen LogP contribution in [0.5, 0.6) is 0 Å². The van der Waals surface area contributed by atoms with Gasteiger partial charge in [0, 0.05) is 176 Å². The van der Waals surface area contributed by atoms with Crippen LogP contribution in [-0.4, -0.2) is 190 Å². The zero-order valence-corrected chi connectivity index (χ0v) is 72.6. The summed E-state index contributed by atoms with van der Waals surface area (Å²) in [6.07, 6.45) is 53.5. The van der Waals surface area contributed by atoms with Crippen molar-refractivity contribution in [3.63, 3.8) is 0 Å². The Morgan fingerprint density at radius 3 is 0.779 bits per heavy atom. The first-order valence-electron chi connectivity index (χ1n) is 44.2. The van der Waals surface area contributed by atoms with Gasteiger partial charge in [0.2, 0.25) is 0 Å². The molecule has 113 heavy (non-hydrogen) atoms. The number of nitrogens with zero attached hydrogens (tertiary/aromatic N) is 10. The summed E-state index contributed by atoms with van der Waals surface area (Å²) in [6.45, 7) is 48.4. The molecule has 5 aliphatic heterocycles. The first kappa shape index (κ1) is 94.7. The van der Waals surface area contributed by atoms with Crippen LogP contribution in [0.3, 0.4) is 0 Å². The Labute approximate surface area is 692 Å². The summed E-state index contributed by atoms with van der Waals surface area (Å²) in [5, 5.41) is 18.5. The maximum Gasteiger partial charge on any atom is 0.0572 e. The van der Waals surface area contributed by atoms with Crippen molar-refractivity contribution in [2.24, 2.45) is 5.92 Å². The number of hydrogen-bond donors (Lipinski definition) is 5. The van der Waals surface area contributed by atoms with Crippen LogP contribution in [0.15, 0.2) is 92.3 Å². The predicted octanol–water partition coefficient (Wildman–Crippen LogP) is 21.8. The van der Waals surface area contributed by atoms with E-state index in [4.69, 9.17) is 4.74 Å². The molecule has 5 aromatic heterocycles. The largest absolute Gasteiger partial charge is 0.381 e. The van der Waals surface area contributed by atoms with E-state index in [0.717, 1.165) is 35.8 Å². The Morgan fingerprint density at radius 1 is 0.292 bits per heavy atom. The van der Waals surface area contributed by atoms with Crippen LogP contribution >= 0.6 is 0 Å². The van der Waals surface area contributed by atoms with Gasteiger partial charge in [0.1, 0.15) is 0 Å². The monoisotopic (exact) mass is 1560 g/mol. The predicted molar refractivity (Wildman–Crippen MR) is 486 cm³/mol. The number of hydrogen-bond acceptors (Lipinski definition) is 16. The maximum absolute atomic E-state index is 5.51. The van der Waals surface area contributed by atoms with Crippen LogP contribution < -0.4 is 26.6 Å². The summed E-state index contributed by atoms with van der Waals surface area (Å²) in [7, 11) is 4.05. The van der Waals surface area contributed by atoms with Crippen molar-refractivity contribution >= 4 is 28.4 Å². The van der Waals surface area contributed by atoms with E-state index in [1.54, 1.807) is 0 Å². The molecular weight excluding hydrogens is 1390 g/mol. The Balaban J connectivity index is 0.000000195. The van der Waals surface area contributed by atoms with Crippen LogP contribution in [0.4, 0.5) is 28.4 Å². The third kappa shape index (κ3) is 30.1. The van der Waals surface area contributed by atoms with Crippen molar-refractivity contribution in [2.45, 2.75) is 381 Å². The highest BCUT2D eigenvalue weighted by atomic mass is 16.5. The summed E-state index contributed by atoms with van der Waals surface area (Å²) >= 11 is 0. The van der Waals surface area contributed by atoms with Gasteiger partial charge in [0.15, 0.2) is 0 Å². The van der Waals surface area contributed by atoms with Crippen molar-refractivity contribution in [1.82, 2.24) is 49.4 Å². The lowest BCUT2D eigenvalue weighted by Crippen LogP contribution is -2.47. The van der Waals surface area contributed by atoms with Gasteiger partial charge in [-0.25, -0.2) is 0 Å². The van der Waals surface area contributed by atoms with Gasteiger partial charge >= 0.3 is 0 Å². The van der Waals surface area contributed by atoms with Gasteiger partial charge in [0.05, 0.1) is 34.5 Å². The lowest BCUT2D eigenvalue weighted by molar-refractivity contribution is 0.0329. The molecule has 4 aliphatic carbocycles. The molecule has 0 amide bonds. The molecule has 2 unspecified atom stereocenters. The quantitative estimate of drug-likeness (QED) is 0.0676. The molecule has 636 valence electrons. The molecule has 10 heterocycles. The molecule has 14 rings (SSSR count). The van der Waals surface area contributed by atoms with Gasteiger partial charge < -0.3 is 50.9 Å². The first-order chi connectivity index (χ1) is 52.4. The van der Waals surface area contributed by atoms with Crippen LogP contribution in [0.2, 0.25) is 0 Å². The van der Waals surface area contributed by atoms with E-state index in [1.165, 1.54) is 277 Å². The second-order valence-corrected chi connectivity index (χ2v) is 40.1. The highest BCUT2D eigenvalue weighted by Crippen LogP contribution is 2.36. The third-order valence-corrected chi connectivity index (χ3v) is 26.2. The fourth-order valence-electron chi connectivity index (χ4n) is 18.1. The topological polar surface area (TPSA) is 150 Å². The summed E-state index contributed by atoms with van der Waals surface area (Å²) in [4.78, 5) is 35.4. The zero-order valence-electron chi connectivity index (χ0n) is 72.6. The molecule has 5 N–H and O–H groups in total. The highest BCUT2D eigenvalue weighted by Gasteiger charge is 2.35. The number of likely N-dealkylation sites (tertiary alicyclic amines) is 5. The molecule has 4 saturated carbocycles. The Hall–Kier alpha value is -5.49. The minimum absolute atomic E-state index is 0. The second kappa shape index (κ2) is 44.3. The highest BCUT2D eigenvalue weighted by molar-refractivity contribution is 5.49. The lowest BCUT2D eigenvalue weighted by atomic mass is 9.88. The number of ether oxygens (including phenoxy) is 1. The van der Waals surface area contributed by atoms with Crippen molar-refractivity contribution in [3.8, 4) is 0 Å². The Kier molecular flexibility index (Phi) is 37.2. The van der Waals surface area contributed by atoms with Gasteiger partial charge in [-0.2, -0.15) is 0 Å². The molecular formula is C97H167N15O. The molecule has 5 saturated heterocycles. The molecule has 2 atom stereocenters. The van der Waals surface area contributed by atoms with E-state index in [1.807, 2.05) is 69.1 Å². The average Bonchev–Trinajstić information content (AvgIpc) is 1.83. The van der Waals surface area contributed by atoms with Crippen LogP contribution in [-0.2, 0) is 31.8 Å². The summed E-state index contributed by atoms with van der Waals surface area (Å²) < 4.78 is 5.51. The molecule has 16 nitrogen and oxygen atoms in total. The van der Waals surface area contributed by atoms with E-state index >= 15 is 0 Å². The normalized spacial score (nSPS) is 23.1. The van der Waals surface area contributed by atoms with E-state index in [9.17, 15) is 0 Å². The SMILES string of the molecule is C.C.C.CC(C)(C)c1cncc(NC2CCN(C3CCC3)CC2)c1.CC(C)(C)c1cncc(NC2CCN(C3CCCCC3)CC2)c1.CC1CCCC1N1CCC(Nc2cncc(C(C)(C)C)c2)CC1.CN1CCC(Nc2cncc(C(C)(C)C)c2)CC1.COC1CCC(N2CCC(Nc3cncc(C(C)(C)C)c3)CC2)CC1. The van der Waals surface area contributed by atoms with Crippen molar-refractivity contribution in [3.05, 3.63) is 120 Å². The number of piperidine rings is 5. The molecule has 9 fully saturated rings. The van der Waals surface area contributed by atoms with Crippen molar-refractivity contribution < 1.29 is 4.74 Å². The van der Waals surface area contributed by atoms with Gasteiger partial charge in [0.25, 0.3) is 0 Å². The van der Waals surface area contributed by atoms with E-state index in [2.05, 4.69) is 224 Å². The number of anilines is 5. The minimum Gasteiger partial charge on any atom is -0.381 e. The molecule has 0 radical (unpaired) electrons. The summed E-state index contributed by atoms with van der Waals surface area (Å²) in [6, 6.07) is 17.7. The molecule has 16 heteroatoms. The van der Waals surface area contributed by atoms with Gasteiger partial charge in [-0.1, -0.05) is 165 Å². The van der Waals surface area contributed by atoms with Crippen LogP contribution in [0.1, 0.15) is 321 Å². The first-order valence-corrected chi connectivity index (χ1v) is 44.2. The molecule has 0 spiro atoms. The lowest BCUT2D eigenvalue weighted by Gasteiger charge is -2.42. The van der Waals surface area contributed by atoms with E-state index in [-0.39, 0.29) is 49.4 Å². The third-order valence-electron chi connectivity index (χ3n) is 26.2. The number of pyridine rings is 5. The average molecular weight is 1560 g/mol. The van der Waals surface area contributed by atoms with E-state index in [0.29, 0.717) is 36.3 Å². The fourth-order valence-corrected chi connectivity index (χ4v) is 18.1. The molecule has 0 aromatic carbocycles. The Morgan fingerprint density at radius 2 is 0.540 bits per heavy atom. The zero-order chi connectivity index (χ0) is 78.6. The Bertz CT molecular complexity index is 3450. The maximum atomic E-state index is 5.51. The standard InChI is InChI=1S/C21H35N3O.2C20H33N3.C18H29N3.C15H25N3.3CH4/c1-21(2,3)16-13-18(15-22-14-16)23-17-9-11-24(12-10-17)19-5-7-20(25-4)8-6-19;1-15-6-5-7-19(15)23-10-8-17(9-11-23)22-18-12-16(13-21-14-18)20(2,3)4;1-20(2,3)16-13-18(15-21-14-16)22-17-9-11-23(12-10-17)19-7-5-4-6-8-19;1-18(2,3)14-11-16(13-19-12-14)20-15-7-9-21(10-8-15)17-5-4-6-17;1-15(2,3)12-9-14(11-16-10-12)17-13-5-7-18(4)8-6-13;;;/h13-15,17,19-20,23H,5-12H2,1-4H3;12-15,17,19,22H,5-11H2,1-4H3;13-15,17,19,22H,4-12H2,1-3H3;11-13,15,17,20H,4-10H2,1-3H3;9-11,13,17H,5-8H2,1-4H3;3*1H4. The van der Waals surface area contributed by atoms with Crippen LogP contribution in [0, 0.1) is 5.92 Å². The van der Waals surface area contributed by atoms with Gasteiger partial charge in [-0.3, -0.25) is 29.8 Å². The summed E-state index contributed by atoms with van der Waals surface area (Å²) in [5.74, 6) is 0.896. The molecule has 9 aliphatic rings. The van der Waals surface area contributed by atoms with Gasteiger partial charge in [-0.15, -0.1) is 0 Å². The van der Waals surface area contributed by atoms with Crippen molar-refractivity contribution in [2.75, 3.05) is 106 Å². The molecule has 5 aromatic rings.